The molecule has 6 aromatic heterocycles. The minimum atomic E-state index is -1.14. The number of nitrogens with one attached hydrogen (secondary N) is 11. The van der Waals surface area contributed by atoms with E-state index in [0.717, 1.165) is 164 Å². The molecule has 38 heteroatoms. The van der Waals surface area contributed by atoms with E-state index in [-0.39, 0.29) is 77.1 Å². The Morgan fingerprint density at radius 3 is 1.11 bits per heavy atom. The van der Waals surface area contributed by atoms with Gasteiger partial charge >= 0.3 is 6.09 Å². The van der Waals surface area contributed by atoms with Crippen LogP contribution in [0.5, 0.6) is 0 Å². The number of nitrogens with two attached hydrogens (primary N) is 3. The van der Waals surface area contributed by atoms with Crippen LogP contribution >= 0.6 is 45.1 Å². The van der Waals surface area contributed by atoms with E-state index in [4.69, 9.17) is 82.4 Å². The van der Waals surface area contributed by atoms with Crippen molar-refractivity contribution in [1.29, 1.82) is 5.26 Å². The second kappa shape index (κ2) is 43.9. The molecule has 0 spiro atoms. The number of rotatable bonds is 18. The molecule has 17 N–H and O–H groups in total. The lowest BCUT2D eigenvalue weighted by Crippen LogP contribution is -2.47. The number of para-hydroxylation sites is 3. The standard InChI is InChI=1S/C31H44N8O4S.2C26H36N8O2S.C3H9ClSi.C2H3N/c1-31(2,3)43-30(41)39-13-7-8-19(18-39)33-26-24(27(40)37-29(36-26)38-14-16-42-17-15-38)28-35-25-22(11-6-12-23(25)44-28)34-21-10-5-4-9-20(21)32;2*27-17-6-1-2-7-18(17)30-19-8-3-9-20-22(19)31-25(37-20)21-23(29-16-5-4-10-28-15-16)32-26(33-24(21)35)34-11-13-36-14-12-34;1-5(2,3)4;1-2-3/h6,11-12,19-21,34H,4-5,7-10,13-18,32H2,1-3H3,(H2,33,36,37,40);2*3,8-9,16-18,28,30H,1-2,4-7,10-15,27H2,(H2,29,32,33,35);1-3H3;1H3/t19-,20-,21+;16-,17+,18-;16-,17-,18+;;/m111../s1. The van der Waals surface area contributed by atoms with Gasteiger partial charge in [-0.05, 0) is 147 Å². The lowest BCUT2D eigenvalue weighted by molar-refractivity contribution is 0.0206. The Kier molecular flexibility index (Phi) is 32.5. The Labute approximate surface area is 754 Å². The fraction of sp³-hybridized carbons (Fsp3) is 0.602. The molecule has 6 aliphatic heterocycles. The molecular weight excluding hydrogens is 1690 g/mol. The first-order valence-corrected chi connectivity index (χ1v) is 52.2. The molecule has 12 heterocycles. The van der Waals surface area contributed by atoms with Crippen LogP contribution < -0.4 is 91.1 Å². The molecule has 126 heavy (non-hydrogen) atoms. The third-order valence-electron chi connectivity index (χ3n) is 23.7. The Morgan fingerprint density at radius 2 is 0.802 bits per heavy atom. The number of benzene rings is 3. The number of halogens is 1. The highest BCUT2D eigenvalue weighted by atomic mass is 35.6. The molecule has 9 fully saturated rings. The van der Waals surface area contributed by atoms with Crippen molar-refractivity contribution in [2.75, 3.05) is 165 Å². The van der Waals surface area contributed by atoms with E-state index in [9.17, 15) is 19.2 Å². The first-order valence-electron chi connectivity index (χ1n) is 45.2. The number of nitrogens with zero attached hydrogens (tertiary/aromatic N) is 11. The van der Waals surface area contributed by atoms with Gasteiger partial charge in [-0.2, -0.15) is 31.3 Å². The molecule has 0 radical (unpaired) electrons. The van der Waals surface area contributed by atoms with Crippen molar-refractivity contribution in [3.8, 4) is 37.8 Å². The van der Waals surface area contributed by atoms with Crippen molar-refractivity contribution in [2.45, 2.75) is 223 Å². The summed E-state index contributed by atoms with van der Waals surface area (Å²) < 4.78 is 25.2. The number of hydrogen-bond acceptors (Lipinski definition) is 32. The summed E-state index contributed by atoms with van der Waals surface area (Å²) in [6, 6.07) is 21.5. The predicted molar refractivity (Wildman–Crippen MR) is 515 cm³/mol. The maximum atomic E-state index is 13.9. The molecule has 9 aromatic rings. The van der Waals surface area contributed by atoms with Gasteiger partial charge in [-0.3, -0.25) is 29.3 Å². The van der Waals surface area contributed by atoms with Gasteiger partial charge in [-0.1, -0.05) is 76.4 Å². The number of carbonyl (C=O) groups excluding carboxylic acids is 1. The van der Waals surface area contributed by atoms with Gasteiger partial charge in [0.15, 0.2) is 0 Å². The number of aromatic nitrogens is 9. The monoisotopic (exact) mass is 1820 g/mol. The van der Waals surface area contributed by atoms with E-state index in [1.165, 1.54) is 66.6 Å². The molecule has 682 valence electrons. The van der Waals surface area contributed by atoms with E-state index in [1.807, 2.05) is 56.0 Å². The van der Waals surface area contributed by atoms with Crippen LogP contribution in [-0.4, -0.2) is 241 Å². The number of carbonyl (C=O) groups is 1. The van der Waals surface area contributed by atoms with E-state index < -0.39 is 13.0 Å². The summed E-state index contributed by atoms with van der Waals surface area (Å²) in [4.78, 5) is 101. The summed E-state index contributed by atoms with van der Waals surface area (Å²) >= 11 is 10.2. The second-order valence-electron chi connectivity index (χ2n) is 35.8. The molecule has 3 saturated carbocycles. The summed E-state index contributed by atoms with van der Waals surface area (Å²) in [5.41, 5.74) is 24.9. The number of hydrogen-bond donors (Lipinski definition) is 14. The number of fused-ring (bicyclic) bond motifs is 3. The number of anilines is 9. The van der Waals surface area contributed by atoms with Crippen molar-refractivity contribution in [2.24, 2.45) is 17.2 Å². The third-order valence-corrected chi connectivity index (χ3v) is 26.8. The SMILES string of the molecule is CC#N.CC(C)(C)OC(=O)N1CCC[C@@H](Nc2nc(N3CCOCC3)[nH]c(=O)c2-c2nc3c(N[C@H]4CCCC[C@H]4N)cccc3s2)C1.C[Si](C)(C)Cl.N[C@@H]1CCCC[C@@H]1Nc1cccc2sc(-c3c(N[C@@H]4CCCNC4)nc(N4CCOCC4)[nH]c3=O)nc12.N[C@H]1CCCC[C@H]1Nc1cccc2sc(-c3c(N[C@@H]4CCCNC4)nc(N4CCOCC4)[nH]c3=O)nc12. The van der Waals surface area contributed by atoms with Gasteiger partial charge in [-0.15, -0.1) is 34.0 Å². The van der Waals surface area contributed by atoms with E-state index in [2.05, 4.69) is 111 Å². The number of piperidine rings is 3. The maximum Gasteiger partial charge on any atom is 0.410 e. The van der Waals surface area contributed by atoms with Gasteiger partial charge in [0.05, 0.1) is 76.9 Å². The molecule has 0 bridgehead atoms. The number of thiazole rings is 3. The molecule has 33 nitrogen and oxygen atoms in total. The minimum absolute atomic E-state index is 0.100. The molecule has 18 rings (SSSR count). The van der Waals surface area contributed by atoms with Crippen molar-refractivity contribution in [1.82, 2.24) is 60.4 Å². The van der Waals surface area contributed by atoms with Gasteiger partial charge in [-0.25, -0.2) is 19.7 Å². The smallest absolute Gasteiger partial charge is 0.410 e. The van der Waals surface area contributed by atoms with E-state index in [1.54, 1.807) is 11.0 Å². The van der Waals surface area contributed by atoms with Crippen molar-refractivity contribution in [3.63, 3.8) is 0 Å². The maximum absolute atomic E-state index is 13.9. The predicted octanol–water partition coefficient (Wildman–Crippen LogP) is 12.4. The Balaban J connectivity index is 0.000000147. The van der Waals surface area contributed by atoms with Crippen LogP contribution in [0.3, 0.4) is 0 Å². The van der Waals surface area contributed by atoms with Crippen LogP contribution in [0.4, 0.5) is 57.2 Å². The Bertz CT molecular complexity index is 5110. The molecule has 0 unspecified atom stereocenters. The van der Waals surface area contributed by atoms with E-state index in [0.29, 0.717) is 159 Å². The summed E-state index contributed by atoms with van der Waals surface area (Å²) in [6.07, 6.45) is 18.8. The summed E-state index contributed by atoms with van der Waals surface area (Å²) in [7, 11) is -1.14. The number of morpholine rings is 3. The zero-order valence-electron chi connectivity index (χ0n) is 73.9. The zero-order chi connectivity index (χ0) is 88.4. The first-order chi connectivity index (χ1) is 60.9. The summed E-state index contributed by atoms with van der Waals surface area (Å²) in [5, 5.41) is 37.8. The van der Waals surface area contributed by atoms with Crippen molar-refractivity contribution < 1.29 is 23.7 Å². The quantitative estimate of drug-likeness (QED) is 0.0280. The molecular formula is C88H128ClN25O8S3Si. The van der Waals surface area contributed by atoms with Gasteiger partial charge in [0.1, 0.15) is 78.7 Å². The average Bonchev–Trinajstić information content (AvgIpc) is 1.59. The molecule has 9 atom stereocenters. The molecule has 9 aliphatic rings. The lowest BCUT2D eigenvalue weighted by atomic mass is 9.91. The number of likely N-dealkylation sites (tertiary alicyclic amines) is 1. The Morgan fingerprint density at radius 1 is 0.484 bits per heavy atom. The zero-order valence-corrected chi connectivity index (χ0v) is 78.1. The highest BCUT2D eigenvalue weighted by Crippen LogP contribution is 2.41. The number of ether oxygens (including phenoxy) is 4. The highest BCUT2D eigenvalue weighted by molar-refractivity contribution is 7.22. The highest BCUT2D eigenvalue weighted by Gasteiger charge is 2.34. The minimum Gasteiger partial charge on any atom is -0.444 e. The first kappa shape index (κ1) is 93.3. The number of amides is 1. The number of H-pyrrole nitrogens is 3. The fourth-order valence-electron chi connectivity index (χ4n) is 17.3. The Hall–Kier alpha value is -8.88. The third kappa shape index (κ3) is 25.0. The van der Waals surface area contributed by atoms with Gasteiger partial charge in [0.25, 0.3) is 16.7 Å². The molecule has 3 aromatic carbocycles. The molecule has 1 amide bonds. The molecule has 6 saturated heterocycles. The summed E-state index contributed by atoms with van der Waals surface area (Å²) in [5.74, 6) is 3.33. The van der Waals surface area contributed by atoms with E-state index >= 15 is 0 Å². The van der Waals surface area contributed by atoms with Gasteiger partial charge < -0.3 is 98.3 Å². The van der Waals surface area contributed by atoms with Crippen LogP contribution in [0.2, 0.25) is 19.6 Å². The van der Waals surface area contributed by atoms with Crippen LogP contribution in [0.25, 0.3) is 62.4 Å². The van der Waals surface area contributed by atoms with Crippen LogP contribution in [-0.2, 0) is 18.9 Å². The summed E-state index contributed by atoms with van der Waals surface area (Å²) in [6.45, 7) is 25.8. The van der Waals surface area contributed by atoms with Crippen LogP contribution in [0, 0.1) is 11.3 Å². The topological polar surface area (TPSA) is 441 Å². The van der Waals surface area contributed by atoms with Crippen LogP contribution in [0.1, 0.15) is 143 Å². The van der Waals surface area contributed by atoms with Crippen LogP contribution in [0.15, 0.2) is 69.0 Å². The second-order valence-corrected chi connectivity index (χ2v) is 46.5. The normalized spacial score (nSPS) is 23.1. The fourth-order valence-corrected chi connectivity index (χ4v) is 20.4. The van der Waals surface area contributed by atoms with Crippen molar-refractivity contribution >= 4 is 142 Å². The number of nitriles is 1. The van der Waals surface area contributed by atoms with Gasteiger partial charge in [0, 0.05) is 127 Å². The van der Waals surface area contributed by atoms with Crippen molar-refractivity contribution in [3.05, 3.63) is 85.7 Å². The molecule has 3 aliphatic carbocycles. The van der Waals surface area contributed by atoms with Gasteiger partial charge in [0.2, 0.25) is 17.8 Å². The average molecular weight is 1820 g/mol. The largest absolute Gasteiger partial charge is 0.444 e. The lowest BCUT2D eigenvalue weighted by Gasteiger charge is -2.35. The number of aromatic amines is 3.